The van der Waals surface area contributed by atoms with Crippen LogP contribution >= 0.6 is 0 Å². The van der Waals surface area contributed by atoms with E-state index in [0.717, 1.165) is 17.0 Å². The first-order valence-corrected chi connectivity index (χ1v) is 16.0. The third kappa shape index (κ3) is 7.26. The number of sulfonamides is 1. The lowest BCUT2D eigenvalue weighted by Crippen LogP contribution is -2.61. The van der Waals surface area contributed by atoms with E-state index in [1.807, 2.05) is 13.8 Å². The summed E-state index contributed by atoms with van der Waals surface area (Å²) in [5, 5.41) is 5.33. The number of carbonyl (C=O) groups excluding carboxylic acids is 4. The van der Waals surface area contributed by atoms with Crippen molar-refractivity contribution in [1.82, 2.24) is 20.3 Å². The van der Waals surface area contributed by atoms with Crippen molar-refractivity contribution in [2.75, 3.05) is 19.7 Å². The quantitative estimate of drug-likeness (QED) is 0.307. The lowest BCUT2D eigenvalue weighted by Gasteiger charge is -2.37. The minimum absolute atomic E-state index is 0.00770. The van der Waals surface area contributed by atoms with E-state index < -0.39 is 86.3 Å². The summed E-state index contributed by atoms with van der Waals surface area (Å²) in [6, 6.07) is 0.606. The summed E-state index contributed by atoms with van der Waals surface area (Å²) in [6.45, 7) is 7.79. The normalized spacial score (nSPS) is 25.6. The first-order chi connectivity index (χ1) is 20.6. The van der Waals surface area contributed by atoms with Gasteiger partial charge in [0.25, 0.3) is 0 Å². The number of hydrogen-bond donors (Lipinski definition) is 3. The van der Waals surface area contributed by atoms with Crippen LogP contribution in [0.1, 0.15) is 47.5 Å². The molecule has 0 unspecified atom stereocenters. The van der Waals surface area contributed by atoms with Gasteiger partial charge in [-0.25, -0.2) is 12.8 Å². The molecule has 3 fully saturated rings. The number of ketones is 1. The first-order valence-electron chi connectivity index (χ1n) is 14.5. The predicted octanol–water partition coefficient (Wildman–Crippen LogP) is 2.12. The van der Waals surface area contributed by atoms with E-state index >= 15 is 0 Å². The molecule has 0 spiro atoms. The molecule has 2 heterocycles. The van der Waals surface area contributed by atoms with Crippen molar-refractivity contribution in [3.63, 3.8) is 0 Å². The van der Waals surface area contributed by atoms with E-state index in [-0.39, 0.29) is 30.5 Å². The van der Waals surface area contributed by atoms with E-state index in [9.17, 15) is 45.2 Å². The van der Waals surface area contributed by atoms with Crippen LogP contribution in [0, 0.1) is 34.4 Å². The number of carbonyl (C=O) groups is 4. The van der Waals surface area contributed by atoms with Crippen LogP contribution in [0.3, 0.4) is 0 Å². The molecular weight excluding hydrogens is 624 g/mol. The van der Waals surface area contributed by atoms with Gasteiger partial charge in [0.05, 0.1) is 6.04 Å². The number of benzene rings is 1. The van der Waals surface area contributed by atoms with Crippen molar-refractivity contribution < 1.29 is 49.9 Å². The fourth-order valence-electron chi connectivity index (χ4n) is 6.27. The number of fused-ring (bicyclic) bond motifs is 1. The van der Waals surface area contributed by atoms with Crippen LogP contribution in [0.4, 0.5) is 17.6 Å². The molecule has 6 atom stereocenters. The minimum Gasteiger partial charge on any atom is -0.486 e. The van der Waals surface area contributed by atoms with Gasteiger partial charge >= 0.3 is 15.5 Å². The Balaban J connectivity index is 1.58. The van der Waals surface area contributed by atoms with E-state index in [1.54, 1.807) is 0 Å². The summed E-state index contributed by atoms with van der Waals surface area (Å²) < 4.78 is 84.1. The van der Waals surface area contributed by atoms with Gasteiger partial charge in [0.15, 0.2) is 5.78 Å². The SMILES string of the molecule is CC(C)(C)[C@H](NS(=O)(=O)C(F)(F)F)C(=O)N1C[C@H]2[C@@H]([C@H]1C(=O)N[C@H](C[C@@H]1CCNC1=O)C(=O)COc1ccc(F)cc1)C2(C)C. The van der Waals surface area contributed by atoms with Gasteiger partial charge in [0.2, 0.25) is 17.7 Å². The second kappa shape index (κ2) is 12.2. The lowest BCUT2D eigenvalue weighted by atomic mass is 9.86. The van der Waals surface area contributed by atoms with E-state index in [2.05, 4.69) is 10.6 Å². The number of nitrogens with one attached hydrogen (secondary N) is 3. The molecule has 1 aromatic carbocycles. The van der Waals surface area contributed by atoms with Gasteiger partial charge in [0, 0.05) is 19.0 Å². The highest BCUT2D eigenvalue weighted by atomic mass is 32.2. The van der Waals surface area contributed by atoms with Gasteiger partial charge in [-0.2, -0.15) is 17.9 Å². The summed E-state index contributed by atoms with van der Waals surface area (Å²) in [6.07, 6.45) is 0.340. The molecule has 1 saturated carbocycles. The Labute approximate surface area is 258 Å². The summed E-state index contributed by atoms with van der Waals surface area (Å²) in [7, 11) is -5.91. The highest BCUT2D eigenvalue weighted by Gasteiger charge is 2.70. The van der Waals surface area contributed by atoms with Gasteiger partial charge in [-0.1, -0.05) is 34.6 Å². The molecule has 250 valence electrons. The van der Waals surface area contributed by atoms with Gasteiger partial charge in [-0.3, -0.25) is 19.2 Å². The largest absolute Gasteiger partial charge is 0.511 e. The van der Waals surface area contributed by atoms with Crippen LogP contribution in [0.15, 0.2) is 24.3 Å². The molecule has 2 aliphatic heterocycles. The van der Waals surface area contributed by atoms with Crippen molar-refractivity contribution in [2.24, 2.45) is 28.6 Å². The van der Waals surface area contributed by atoms with Gasteiger partial charge in [0.1, 0.15) is 30.3 Å². The molecule has 0 radical (unpaired) electrons. The van der Waals surface area contributed by atoms with Crippen molar-refractivity contribution in [3.05, 3.63) is 30.1 Å². The third-order valence-electron chi connectivity index (χ3n) is 9.03. The number of piperidine rings is 1. The Bertz CT molecular complexity index is 1440. The molecule has 3 aliphatic rings. The van der Waals surface area contributed by atoms with Crippen molar-refractivity contribution in [3.8, 4) is 5.75 Å². The first kappa shape index (κ1) is 34.6. The van der Waals surface area contributed by atoms with Gasteiger partial charge in [-0.15, -0.1) is 0 Å². The number of halogens is 4. The van der Waals surface area contributed by atoms with E-state index in [4.69, 9.17) is 4.74 Å². The summed E-state index contributed by atoms with van der Waals surface area (Å²) in [4.78, 5) is 54.5. The van der Waals surface area contributed by atoms with Gasteiger partial charge in [-0.05, 0) is 59.8 Å². The fourth-order valence-corrected chi connectivity index (χ4v) is 7.17. The van der Waals surface area contributed by atoms with Crippen LogP contribution in [-0.4, -0.2) is 80.2 Å². The number of amides is 3. The van der Waals surface area contributed by atoms with E-state index in [1.165, 1.54) is 37.6 Å². The number of Topliss-reactive ketones (excluding diaryl/α,β-unsaturated/α-hetero) is 1. The highest BCUT2D eigenvalue weighted by Crippen LogP contribution is 2.65. The summed E-state index contributed by atoms with van der Waals surface area (Å²) >= 11 is 0. The smallest absolute Gasteiger partial charge is 0.486 e. The van der Waals surface area contributed by atoms with Crippen molar-refractivity contribution in [2.45, 2.75) is 71.1 Å². The molecule has 1 aromatic rings. The molecule has 3 N–H and O–H groups in total. The minimum atomic E-state index is -5.91. The Morgan fingerprint density at radius 1 is 1.13 bits per heavy atom. The number of nitrogens with zero attached hydrogens (tertiary/aromatic N) is 1. The maximum Gasteiger partial charge on any atom is 0.511 e. The van der Waals surface area contributed by atoms with Crippen LogP contribution in [0.25, 0.3) is 0 Å². The maximum atomic E-state index is 13.9. The third-order valence-corrected chi connectivity index (χ3v) is 10.2. The average Bonchev–Trinajstić information content (AvgIpc) is 3.26. The second-order valence-electron chi connectivity index (χ2n) is 13.5. The molecule has 0 bridgehead atoms. The monoisotopic (exact) mass is 662 g/mol. The standard InChI is InChI=1S/C29H38F4N4O7S/c1-27(2,3)23(36-45(42,43)29(31,32)33)26(41)37-13-18-21(28(18,4)5)22(37)25(40)35-19(12-15-10-11-34-24(15)39)20(38)14-44-17-8-6-16(30)7-9-17/h6-9,15,18-19,21-23,36H,10-14H2,1-5H3,(H,34,39)(H,35,40)/t15-,18-,19+,21-,22-,23+/m0/s1. The second-order valence-corrected chi connectivity index (χ2v) is 15.2. The van der Waals surface area contributed by atoms with E-state index in [0.29, 0.717) is 13.0 Å². The fraction of sp³-hybridized carbons (Fsp3) is 0.655. The molecular formula is C29H38F4N4O7S. The molecule has 16 heteroatoms. The lowest BCUT2D eigenvalue weighted by molar-refractivity contribution is -0.144. The molecule has 11 nitrogen and oxygen atoms in total. The molecule has 3 amide bonds. The number of ether oxygens (including phenoxy) is 1. The Morgan fingerprint density at radius 2 is 1.76 bits per heavy atom. The average molecular weight is 663 g/mol. The summed E-state index contributed by atoms with van der Waals surface area (Å²) in [5.74, 6) is -4.19. The van der Waals surface area contributed by atoms with Crippen LogP contribution in [0.5, 0.6) is 5.75 Å². The zero-order chi connectivity index (χ0) is 33.7. The molecule has 0 aromatic heterocycles. The van der Waals surface area contributed by atoms with Crippen molar-refractivity contribution >= 4 is 33.5 Å². The highest BCUT2D eigenvalue weighted by molar-refractivity contribution is 7.90. The number of likely N-dealkylation sites (tertiary alicyclic amines) is 1. The number of alkyl halides is 3. The van der Waals surface area contributed by atoms with Crippen molar-refractivity contribution in [1.29, 1.82) is 0 Å². The maximum absolute atomic E-state index is 13.9. The van der Waals surface area contributed by atoms with Gasteiger partial charge < -0.3 is 20.3 Å². The summed E-state index contributed by atoms with van der Waals surface area (Å²) in [5.41, 5.74) is -7.40. The van der Waals surface area contributed by atoms with Crippen LogP contribution in [-0.2, 0) is 29.2 Å². The Hall–Kier alpha value is -3.27. The molecule has 45 heavy (non-hydrogen) atoms. The Kier molecular flexibility index (Phi) is 9.35. The predicted molar refractivity (Wildman–Crippen MR) is 152 cm³/mol. The molecule has 2 saturated heterocycles. The zero-order valence-electron chi connectivity index (χ0n) is 25.5. The topological polar surface area (TPSA) is 151 Å². The Morgan fingerprint density at radius 3 is 2.29 bits per heavy atom. The molecule has 1 aliphatic carbocycles. The number of hydrogen-bond acceptors (Lipinski definition) is 7. The van der Waals surface area contributed by atoms with Crippen LogP contribution < -0.4 is 20.1 Å². The zero-order valence-corrected chi connectivity index (χ0v) is 26.4. The van der Waals surface area contributed by atoms with Crippen LogP contribution in [0.2, 0.25) is 0 Å². The molecule has 4 rings (SSSR count). The number of rotatable bonds is 11.